The van der Waals surface area contributed by atoms with Gasteiger partial charge in [-0.05, 0) is 91.3 Å². The van der Waals surface area contributed by atoms with Gasteiger partial charge in [0.1, 0.15) is 18.1 Å². The fraction of sp³-hybridized carbons (Fsp3) is 0.229. The van der Waals surface area contributed by atoms with Gasteiger partial charge in [0.05, 0.1) is 5.75 Å². The zero-order chi connectivity index (χ0) is 32.1. The molecule has 5 aromatic rings. The predicted molar refractivity (Wildman–Crippen MR) is 180 cm³/mol. The Hall–Kier alpha value is -5.00. The van der Waals surface area contributed by atoms with E-state index in [1.165, 1.54) is 12.7 Å². The molecule has 1 aliphatic heterocycles. The third kappa shape index (κ3) is 7.98. The van der Waals surface area contributed by atoms with Crippen molar-refractivity contribution >= 4 is 43.8 Å². The van der Waals surface area contributed by atoms with Crippen LogP contribution in [0.3, 0.4) is 0 Å². The summed E-state index contributed by atoms with van der Waals surface area (Å²) in [7, 11) is -1.04. The van der Waals surface area contributed by atoms with Crippen LogP contribution in [0, 0.1) is 0 Å². The average molecular weight is 638 g/mol. The molecular weight excluding hydrogens is 602 g/mol. The van der Waals surface area contributed by atoms with Gasteiger partial charge in [0.25, 0.3) is 5.91 Å². The summed E-state index contributed by atoms with van der Waals surface area (Å²) < 4.78 is 35.4. The number of nitrogens with zero attached hydrogens (tertiary/aromatic N) is 3. The predicted octanol–water partition coefficient (Wildman–Crippen LogP) is 6.44. The first-order valence-electron chi connectivity index (χ1n) is 15.0. The number of carbonyl (C=O) groups is 1. The molecule has 0 aliphatic carbocycles. The molecule has 10 nitrogen and oxygen atoms in total. The van der Waals surface area contributed by atoms with Crippen LogP contribution in [0.15, 0.2) is 97.2 Å². The molecule has 11 heteroatoms. The highest BCUT2D eigenvalue weighted by molar-refractivity contribution is 7.89. The van der Waals surface area contributed by atoms with Crippen LogP contribution in [0.4, 0.5) is 17.3 Å². The van der Waals surface area contributed by atoms with E-state index in [1.54, 1.807) is 48.7 Å². The van der Waals surface area contributed by atoms with Crippen LogP contribution in [0.1, 0.15) is 28.8 Å². The topological polar surface area (TPSA) is 123 Å². The Morgan fingerprint density at radius 3 is 2.61 bits per heavy atom. The van der Waals surface area contributed by atoms with Gasteiger partial charge in [-0.15, -0.1) is 0 Å². The highest BCUT2D eigenvalue weighted by atomic mass is 32.2. The number of fused-ring (bicyclic) bond motifs is 1. The van der Waals surface area contributed by atoms with Gasteiger partial charge in [0.2, 0.25) is 11.8 Å². The Balaban J connectivity index is 1.12. The smallest absolute Gasteiger partial charge is 0.256 e. The van der Waals surface area contributed by atoms with E-state index in [0.29, 0.717) is 52.7 Å². The number of benzene rings is 4. The maximum absolute atomic E-state index is 13.4. The molecule has 1 fully saturated rings. The molecule has 0 radical (unpaired) electrons. The van der Waals surface area contributed by atoms with Crippen LogP contribution in [0.5, 0.6) is 17.4 Å². The summed E-state index contributed by atoms with van der Waals surface area (Å²) in [6.45, 7) is 1.71. The third-order valence-electron chi connectivity index (χ3n) is 7.77. The van der Waals surface area contributed by atoms with Crippen LogP contribution >= 0.6 is 0 Å². The van der Waals surface area contributed by atoms with Gasteiger partial charge in [-0.3, -0.25) is 4.79 Å². The van der Waals surface area contributed by atoms with Crippen LogP contribution in [-0.4, -0.2) is 61.7 Å². The number of rotatable bonds is 11. The largest absolute Gasteiger partial charge is 0.492 e. The second-order valence-corrected chi connectivity index (χ2v) is 13.6. The summed E-state index contributed by atoms with van der Waals surface area (Å²) in [5.74, 6) is 1.61. The standard InChI is InChI=1S/C35H35N5O5S/c1-40-18-6-11-28(40)22-44-29-12-5-10-27(21-29)37-34(41)32-13-4-8-25-20-30(14-15-31(25)32)45-33-16-17-36-35(39-33)38-26-9-3-7-24(19-26)23-46(2,42)43/h3-5,7-10,12-17,19-21,28H,6,11,18,22-23H2,1-2H3,(H,37,41)(H,36,38,39)/t28-/m0/s1. The van der Waals surface area contributed by atoms with Crippen molar-refractivity contribution < 1.29 is 22.7 Å². The minimum Gasteiger partial charge on any atom is -0.492 e. The summed E-state index contributed by atoms with van der Waals surface area (Å²) in [6.07, 6.45) is 5.09. The first-order valence-corrected chi connectivity index (χ1v) is 17.1. The molecule has 46 heavy (non-hydrogen) atoms. The number of carbonyl (C=O) groups excluding carboxylic acids is 1. The van der Waals surface area contributed by atoms with E-state index >= 15 is 0 Å². The molecule has 0 bridgehead atoms. The van der Waals surface area contributed by atoms with Crippen molar-refractivity contribution in [1.82, 2.24) is 14.9 Å². The molecule has 2 heterocycles. The number of likely N-dealkylation sites (N-methyl/N-ethyl adjacent to an activating group) is 1. The maximum Gasteiger partial charge on any atom is 0.256 e. The second-order valence-electron chi connectivity index (χ2n) is 11.5. The zero-order valence-corrected chi connectivity index (χ0v) is 26.5. The number of nitrogens with one attached hydrogen (secondary N) is 2. The Kier molecular flexibility index (Phi) is 9.13. The number of sulfone groups is 1. The van der Waals surface area contributed by atoms with Gasteiger partial charge in [-0.1, -0.05) is 30.3 Å². The van der Waals surface area contributed by atoms with Gasteiger partial charge in [0.15, 0.2) is 9.84 Å². The number of anilines is 3. The number of aromatic nitrogens is 2. The van der Waals surface area contributed by atoms with E-state index in [2.05, 4.69) is 32.5 Å². The number of hydrogen-bond donors (Lipinski definition) is 2. The molecule has 2 N–H and O–H groups in total. The number of amides is 1. The Morgan fingerprint density at radius 2 is 1.78 bits per heavy atom. The van der Waals surface area contributed by atoms with E-state index < -0.39 is 9.84 Å². The molecule has 1 atom stereocenters. The first kappa shape index (κ1) is 31.0. The highest BCUT2D eigenvalue weighted by Crippen LogP contribution is 2.29. The van der Waals surface area contributed by atoms with Crippen molar-refractivity contribution in [3.05, 3.63) is 108 Å². The van der Waals surface area contributed by atoms with E-state index in [-0.39, 0.29) is 11.7 Å². The molecule has 1 amide bonds. The Labute approximate surface area is 268 Å². The minimum atomic E-state index is -3.16. The van der Waals surface area contributed by atoms with Crippen molar-refractivity contribution in [2.45, 2.75) is 24.6 Å². The lowest BCUT2D eigenvalue weighted by Gasteiger charge is -2.19. The second kappa shape index (κ2) is 13.6. The Bertz CT molecular complexity index is 1980. The molecule has 1 saturated heterocycles. The van der Waals surface area contributed by atoms with E-state index in [9.17, 15) is 13.2 Å². The summed E-state index contributed by atoms with van der Waals surface area (Å²) in [5, 5.41) is 7.72. The molecule has 1 aromatic heterocycles. The SMILES string of the molecule is CN1CCC[C@H]1COc1cccc(NC(=O)c2cccc3cc(Oc4ccnc(Nc5cccc(CS(C)(=O)=O)c5)n4)ccc23)c1. The van der Waals surface area contributed by atoms with Crippen LogP contribution in [0.2, 0.25) is 0 Å². The van der Waals surface area contributed by atoms with Crippen LogP contribution < -0.4 is 20.1 Å². The lowest BCUT2D eigenvalue weighted by atomic mass is 10.0. The molecule has 236 valence electrons. The molecule has 0 spiro atoms. The van der Waals surface area contributed by atoms with Gasteiger partial charge in [0, 0.05) is 47.6 Å². The zero-order valence-electron chi connectivity index (χ0n) is 25.6. The van der Waals surface area contributed by atoms with Crippen molar-refractivity contribution in [1.29, 1.82) is 0 Å². The van der Waals surface area contributed by atoms with E-state index in [0.717, 1.165) is 29.5 Å². The molecule has 0 unspecified atom stereocenters. The van der Waals surface area contributed by atoms with Crippen molar-refractivity contribution in [3.63, 3.8) is 0 Å². The lowest BCUT2D eigenvalue weighted by Crippen LogP contribution is -2.30. The third-order valence-corrected chi connectivity index (χ3v) is 8.62. The minimum absolute atomic E-state index is 0.0570. The summed E-state index contributed by atoms with van der Waals surface area (Å²) in [4.78, 5) is 24.4. The van der Waals surface area contributed by atoms with Crippen molar-refractivity contribution in [2.24, 2.45) is 0 Å². The van der Waals surface area contributed by atoms with E-state index in [4.69, 9.17) is 9.47 Å². The molecule has 4 aromatic carbocycles. The summed E-state index contributed by atoms with van der Waals surface area (Å²) in [6, 6.07) is 27.7. The lowest BCUT2D eigenvalue weighted by molar-refractivity contribution is 0.102. The molecular formula is C35H35N5O5S. The van der Waals surface area contributed by atoms with Crippen LogP contribution in [0.25, 0.3) is 10.8 Å². The summed E-state index contributed by atoms with van der Waals surface area (Å²) >= 11 is 0. The highest BCUT2D eigenvalue weighted by Gasteiger charge is 2.21. The maximum atomic E-state index is 13.4. The van der Waals surface area contributed by atoms with Crippen molar-refractivity contribution in [3.8, 4) is 17.4 Å². The van der Waals surface area contributed by atoms with Gasteiger partial charge in [-0.25, -0.2) is 13.4 Å². The van der Waals surface area contributed by atoms with Gasteiger partial charge in [-0.2, -0.15) is 4.98 Å². The fourth-order valence-corrected chi connectivity index (χ4v) is 6.30. The molecule has 1 aliphatic rings. The van der Waals surface area contributed by atoms with Gasteiger partial charge < -0.3 is 25.0 Å². The molecule has 0 saturated carbocycles. The molecule has 6 rings (SSSR count). The number of ether oxygens (including phenoxy) is 2. The quantitative estimate of drug-likeness (QED) is 0.169. The average Bonchev–Trinajstić information content (AvgIpc) is 3.43. The van der Waals surface area contributed by atoms with Crippen molar-refractivity contribution in [2.75, 3.05) is 37.1 Å². The van der Waals surface area contributed by atoms with E-state index in [1.807, 2.05) is 48.5 Å². The fourth-order valence-electron chi connectivity index (χ4n) is 5.52. The van der Waals surface area contributed by atoms with Gasteiger partial charge >= 0.3 is 0 Å². The normalized spacial score (nSPS) is 15.0. The number of likely N-dealkylation sites (tertiary alicyclic amines) is 1. The monoisotopic (exact) mass is 637 g/mol. The first-order chi connectivity index (χ1) is 22.2. The van der Waals surface area contributed by atoms with Crippen LogP contribution in [-0.2, 0) is 15.6 Å². The number of hydrogen-bond acceptors (Lipinski definition) is 9. The Morgan fingerprint density at radius 1 is 0.957 bits per heavy atom. The summed E-state index contributed by atoms with van der Waals surface area (Å²) in [5.41, 5.74) is 2.52.